The quantitative estimate of drug-likeness (QED) is 0.648. The van der Waals surface area contributed by atoms with Crippen molar-refractivity contribution >= 4 is 16.8 Å². The number of aromatic nitrogens is 1. The van der Waals surface area contributed by atoms with Crippen LogP contribution in [0.25, 0.3) is 22.6 Å². The van der Waals surface area contributed by atoms with E-state index in [1.807, 2.05) is 24.3 Å². The Morgan fingerprint density at radius 1 is 1.14 bits per heavy atom. The van der Waals surface area contributed by atoms with Crippen LogP contribution in [0.5, 0.6) is 0 Å². The first-order valence-corrected chi connectivity index (χ1v) is 7.42. The highest BCUT2D eigenvalue weighted by atomic mass is 16.3. The summed E-state index contributed by atoms with van der Waals surface area (Å²) in [7, 11) is 2.06. The Morgan fingerprint density at radius 2 is 1.91 bits per heavy atom. The molecule has 3 nitrogen and oxygen atoms in total. The third-order valence-corrected chi connectivity index (χ3v) is 4.70. The Bertz CT molecular complexity index is 872. The van der Waals surface area contributed by atoms with Crippen molar-refractivity contribution in [1.29, 1.82) is 0 Å². The van der Waals surface area contributed by atoms with Crippen molar-refractivity contribution in [3.8, 4) is 11.5 Å². The molecule has 0 bridgehead atoms. The van der Waals surface area contributed by atoms with Gasteiger partial charge in [-0.15, -0.1) is 0 Å². The maximum Gasteiger partial charge on any atom is 0.227 e. The highest BCUT2D eigenvalue weighted by molar-refractivity contribution is 5.78. The van der Waals surface area contributed by atoms with Crippen LogP contribution in [-0.4, -0.2) is 12.0 Å². The minimum atomic E-state index is -0.0773. The van der Waals surface area contributed by atoms with E-state index in [1.54, 1.807) is 0 Å². The van der Waals surface area contributed by atoms with E-state index in [0.29, 0.717) is 5.89 Å². The van der Waals surface area contributed by atoms with Gasteiger partial charge in [-0.05, 0) is 35.9 Å². The normalized spacial score (nSPS) is 16.3. The number of rotatable bonds is 1. The number of benzene rings is 2. The number of oxazole rings is 1. The van der Waals surface area contributed by atoms with Gasteiger partial charge in [0.2, 0.25) is 5.89 Å². The van der Waals surface area contributed by atoms with Crippen LogP contribution in [-0.2, 0) is 5.41 Å². The summed E-state index contributed by atoms with van der Waals surface area (Å²) in [6, 6.07) is 14.2. The van der Waals surface area contributed by atoms with Crippen molar-refractivity contribution < 1.29 is 4.42 Å². The van der Waals surface area contributed by atoms with Gasteiger partial charge in [0.1, 0.15) is 5.52 Å². The molecule has 3 aromatic rings. The molecule has 22 heavy (non-hydrogen) atoms. The number of hydrogen-bond donors (Lipinski definition) is 0. The molecule has 0 unspecified atom stereocenters. The molecular formula is C19H18N2O. The number of para-hydroxylation sites is 2. The molecule has 1 aromatic heterocycles. The molecule has 2 aromatic carbocycles. The number of nitrogens with zero attached hydrogens (tertiary/aromatic N) is 2. The monoisotopic (exact) mass is 290 g/mol. The second kappa shape index (κ2) is 4.23. The summed E-state index contributed by atoms with van der Waals surface area (Å²) in [4.78, 5) is 6.75. The molecule has 0 fully saturated rings. The molecule has 0 amide bonds. The van der Waals surface area contributed by atoms with E-state index in [0.717, 1.165) is 22.4 Å². The average Bonchev–Trinajstić information content (AvgIpc) is 3.02. The predicted octanol–water partition coefficient (Wildman–Crippen LogP) is 4.74. The molecule has 1 aliphatic heterocycles. The number of hydrogen-bond acceptors (Lipinski definition) is 3. The molecule has 0 N–H and O–H groups in total. The van der Waals surface area contributed by atoms with E-state index in [4.69, 9.17) is 4.42 Å². The fourth-order valence-corrected chi connectivity index (χ4v) is 3.18. The zero-order valence-electron chi connectivity index (χ0n) is 13.1. The molecule has 1 aliphatic rings. The zero-order chi connectivity index (χ0) is 15.5. The Kier molecular flexibility index (Phi) is 2.52. The topological polar surface area (TPSA) is 29.3 Å². The Morgan fingerprint density at radius 3 is 2.68 bits per heavy atom. The van der Waals surface area contributed by atoms with E-state index in [1.165, 1.54) is 11.3 Å². The second-order valence-corrected chi connectivity index (χ2v) is 6.35. The summed E-state index contributed by atoms with van der Waals surface area (Å²) in [6.07, 6.45) is 0. The SMILES string of the molecule is C=C1N(C)c2ccc(-c3nc4ccccc4o3)cc2C1(C)C. The summed E-state index contributed by atoms with van der Waals surface area (Å²) in [5.74, 6) is 0.667. The van der Waals surface area contributed by atoms with Gasteiger partial charge >= 0.3 is 0 Å². The lowest BCUT2D eigenvalue weighted by atomic mass is 9.84. The highest BCUT2D eigenvalue weighted by Gasteiger charge is 2.37. The van der Waals surface area contributed by atoms with Crippen LogP contribution >= 0.6 is 0 Å². The zero-order valence-corrected chi connectivity index (χ0v) is 13.1. The number of anilines is 1. The van der Waals surface area contributed by atoms with Gasteiger partial charge in [-0.3, -0.25) is 0 Å². The molecule has 110 valence electrons. The molecule has 0 radical (unpaired) electrons. The fourth-order valence-electron chi connectivity index (χ4n) is 3.18. The Balaban J connectivity index is 1.89. The molecule has 0 spiro atoms. The van der Waals surface area contributed by atoms with E-state index < -0.39 is 0 Å². The lowest BCUT2D eigenvalue weighted by Crippen LogP contribution is -2.21. The Hall–Kier alpha value is -2.55. The van der Waals surface area contributed by atoms with Crippen LogP contribution in [0.15, 0.2) is 59.2 Å². The van der Waals surface area contributed by atoms with Gasteiger partial charge in [-0.1, -0.05) is 32.6 Å². The molecule has 4 rings (SSSR count). The third-order valence-electron chi connectivity index (χ3n) is 4.70. The van der Waals surface area contributed by atoms with Gasteiger partial charge in [0.25, 0.3) is 0 Å². The molecule has 0 saturated carbocycles. The minimum Gasteiger partial charge on any atom is -0.436 e. The Labute approximate surface area is 129 Å². The van der Waals surface area contributed by atoms with Crippen molar-refractivity contribution in [2.24, 2.45) is 0 Å². The van der Waals surface area contributed by atoms with Gasteiger partial charge in [0.05, 0.1) is 0 Å². The largest absolute Gasteiger partial charge is 0.436 e. The van der Waals surface area contributed by atoms with E-state index >= 15 is 0 Å². The van der Waals surface area contributed by atoms with E-state index in [2.05, 4.69) is 55.6 Å². The second-order valence-electron chi connectivity index (χ2n) is 6.35. The van der Waals surface area contributed by atoms with Gasteiger partial charge < -0.3 is 9.32 Å². The van der Waals surface area contributed by atoms with Crippen molar-refractivity contribution in [2.75, 3.05) is 11.9 Å². The lowest BCUT2D eigenvalue weighted by molar-refractivity contribution is 0.618. The van der Waals surface area contributed by atoms with Gasteiger partial charge in [-0.25, -0.2) is 4.98 Å². The van der Waals surface area contributed by atoms with Gasteiger partial charge in [0.15, 0.2) is 5.58 Å². The molecule has 3 heteroatoms. The minimum absolute atomic E-state index is 0.0773. The van der Waals surface area contributed by atoms with Gasteiger partial charge in [-0.2, -0.15) is 0 Å². The first-order chi connectivity index (χ1) is 10.5. The summed E-state index contributed by atoms with van der Waals surface area (Å²) in [5.41, 5.74) is 6.21. The van der Waals surface area contributed by atoms with Crippen molar-refractivity contribution in [2.45, 2.75) is 19.3 Å². The predicted molar refractivity (Wildman–Crippen MR) is 90.0 cm³/mol. The van der Waals surface area contributed by atoms with Crippen LogP contribution < -0.4 is 4.90 Å². The standard InChI is InChI=1S/C19H18N2O/c1-12-19(2,3)14-11-13(9-10-16(14)21(12)4)18-20-15-7-5-6-8-17(15)22-18/h5-11H,1H2,2-4H3. The third kappa shape index (κ3) is 1.65. The van der Waals surface area contributed by atoms with E-state index in [9.17, 15) is 0 Å². The summed E-state index contributed by atoms with van der Waals surface area (Å²) >= 11 is 0. The summed E-state index contributed by atoms with van der Waals surface area (Å²) in [6.45, 7) is 8.63. The summed E-state index contributed by atoms with van der Waals surface area (Å²) < 4.78 is 5.89. The van der Waals surface area contributed by atoms with Crippen molar-refractivity contribution in [3.05, 3.63) is 60.3 Å². The van der Waals surface area contributed by atoms with E-state index in [-0.39, 0.29) is 5.41 Å². The first kappa shape index (κ1) is 13.1. The molecule has 0 saturated heterocycles. The van der Waals surface area contributed by atoms with Gasteiger partial charge in [0, 0.05) is 29.4 Å². The first-order valence-electron chi connectivity index (χ1n) is 7.42. The van der Waals surface area contributed by atoms with Crippen LogP contribution in [0, 0.1) is 0 Å². The number of likely N-dealkylation sites (N-methyl/N-ethyl adjacent to an activating group) is 1. The summed E-state index contributed by atoms with van der Waals surface area (Å²) in [5, 5.41) is 0. The average molecular weight is 290 g/mol. The maximum atomic E-state index is 5.89. The van der Waals surface area contributed by atoms with Crippen molar-refractivity contribution in [1.82, 2.24) is 4.98 Å². The molecular weight excluding hydrogens is 272 g/mol. The fraction of sp³-hybridized carbons (Fsp3) is 0.211. The van der Waals surface area contributed by atoms with Crippen LogP contribution in [0.4, 0.5) is 5.69 Å². The van der Waals surface area contributed by atoms with Crippen LogP contribution in [0.3, 0.4) is 0 Å². The lowest BCUT2D eigenvalue weighted by Gasteiger charge is -2.22. The molecule has 0 aliphatic carbocycles. The maximum absolute atomic E-state index is 5.89. The number of fused-ring (bicyclic) bond motifs is 2. The van der Waals surface area contributed by atoms with Crippen molar-refractivity contribution in [3.63, 3.8) is 0 Å². The van der Waals surface area contributed by atoms with Crippen LogP contribution in [0.1, 0.15) is 19.4 Å². The number of allylic oxidation sites excluding steroid dienone is 1. The molecule has 2 heterocycles. The highest BCUT2D eigenvalue weighted by Crippen LogP contribution is 2.47. The van der Waals surface area contributed by atoms with Crippen LogP contribution in [0.2, 0.25) is 0 Å². The molecule has 0 atom stereocenters. The smallest absolute Gasteiger partial charge is 0.227 e.